The first-order chi connectivity index (χ1) is 7.48. The predicted molar refractivity (Wildman–Crippen MR) is 71.9 cm³/mol. The molecule has 0 bridgehead atoms. The van der Waals surface area contributed by atoms with Crippen LogP contribution in [0.15, 0.2) is 22.7 Å². The van der Waals surface area contributed by atoms with Gasteiger partial charge >= 0.3 is 0 Å². The molecule has 90 valence electrons. The van der Waals surface area contributed by atoms with Gasteiger partial charge in [-0.3, -0.25) is 0 Å². The Labute approximate surface area is 106 Å². The summed E-state index contributed by atoms with van der Waals surface area (Å²) in [5.41, 5.74) is 7.24. The predicted octanol–water partition coefficient (Wildman–Crippen LogP) is 3.38. The zero-order chi connectivity index (χ0) is 12.2. The molecule has 0 unspecified atom stereocenters. The lowest BCUT2D eigenvalue weighted by Gasteiger charge is -2.22. The van der Waals surface area contributed by atoms with Crippen molar-refractivity contribution < 1.29 is 4.74 Å². The molecule has 0 saturated carbocycles. The van der Waals surface area contributed by atoms with Crippen molar-refractivity contribution in [2.75, 3.05) is 13.7 Å². The van der Waals surface area contributed by atoms with Gasteiger partial charge in [-0.05, 0) is 42.5 Å². The molecule has 0 aliphatic rings. The molecule has 3 heteroatoms. The molecule has 0 aliphatic carbocycles. The van der Waals surface area contributed by atoms with Gasteiger partial charge in [0.05, 0.1) is 7.11 Å². The Morgan fingerprint density at radius 2 is 2.06 bits per heavy atom. The van der Waals surface area contributed by atoms with E-state index in [1.807, 2.05) is 12.1 Å². The van der Waals surface area contributed by atoms with Crippen molar-refractivity contribution in [3.63, 3.8) is 0 Å². The first-order valence-corrected chi connectivity index (χ1v) is 6.30. The minimum Gasteiger partial charge on any atom is -0.497 e. The van der Waals surface area contributed by atoms with Gasteiger partial charge in [0.15, 0.2) is 0 Å². The van der Waals surface area contributed by atoms with Crippen LogP contribution in [0, 0.1) is 5.41 Å². The maximum atomic E-state index is 5.72. The van der Waals surface area contributed by atoms with Crippen LogP contribution in [0.5, 0.6) is 5.75 Å². The lowest BCUT2D eigenvalue weighted by molar-refractivity contribution is 0.347. The first kappa shape index (κ1) is 13.5. The second-order valence-corrected chi connectivity index (χ2v) is 5.68. The number of halogens is 1. The highest BCUT2D eigenvalue weighted by molar-refractivity contribution is 9.10. The van der Waals surface area contributed by atoms with E-state index in [0.29, 0.717) is 0 Å². The number of aryl methyl sites for hydroxylation is 1. The van der Waals surface area contributed by atoms with Crippen LogP contribution in [0.4, 0.5) is 0 Å². The highest BCUT2D eigenvalue weighted by Gasteiger charge is 2.15. The minimum atomic E-state index is 0.208. The third-order valence-corrected chi connectivity index (χ3v) is 3.62. The molecule has 2 N–H and O–H groups in total. The number of nitrogens with two attached hydrogens (primary N) is 1. The Morgan fingerprint density at radius 1 is 1.38 bits per heavy atom. The van der Waals surface area contributed by atoms with Gasteiger partial charge < -0.3 is 10.5 Å². The van der Waals surface area contributed by atoms with Crippen molar-refractivity contribution in [2.45, 2.75) is 26.7 Å². The molecule has 0 fully saturated rings. The Balaban J connectivity index is 2.68. The smallest absolute Gasteiger partial charge is 0.120 e. The molecule has 0 aromatic heterocycles. The summed E-state index contributed by atoms with van der Waals surface area (Å²) in [5, 5.41) is 0. The number of hydrogen-bond donors (Lipinski definition) is 1. The van der Waals surface area contributed by atoms with E-state index in [0.717, 1.165) is 29.6 Å². The van der Waals surface area contributed by atoms with E-state index in [4.69, 9.17) is 10.5 Å². The molecule has 0 amide bonds. The Hall–Kier alpha value is -0.540. The summed E-state index contributed by atoms with van der Waals surface area (Å²) < 4.78 is 6.28. The number of hydrogen-bond acceptors (Lipinski definition) is 2. The van der Waals surface area contributed by atoms with E-state index < -0.39 is 0 Å². The summed E-state index contributed by atoms with van der Waals surface area (Å²) in [6.07, 6.45) is 2.13. The van der Waals surface area contributed by atoms with Crippen molar-refractivity contribution in [3.05, 3.63) is 28.2 Å². The summed E-state index contributed by atoms with van der Waals surface area (Å²) in [6.45, 7) is 5.12. The minimum absolute atomic E-state index is 0.208. The standard InChI is InChI=1S/C13H20BrNO/c1-13(2,9-15)7-6-10-4-5-11(16-3)8-12(10)14/h4-5,8H,6-7,9,15H2,1-3H3. The van der Waals surface area contributed by atoms with Crippen molar-refractivity contribution in [3.8, 4) is 5.75 Å². The van der Waals surface area contributed by atoms with Gasteiger partial charge in [0.1, 0.15) is 5.75 Å². The molecule has 0 heterocycles. The van der Waals surface area contributed by atoms with Gasteiger partial charge in [0.25, 0.3) is 0 Å². The fourth-order valence-corrected chi connectivity index (χ4v) is 1.99. The van der Waals surface area contributed by atoms with E-state index in [2.05, 4.69) is 35.8 Å². The molecule has 1 aromatic rings. The highest BCUT2D eigenvalue weighted by atomic mass is 79.9. The van der Waals surface area contributed by atoms with Crippen molar-refractivity contribution in [1.29, 1.82) is 0 Å². The zero-order valence-corrected chi connectivity index (χ0v) is 11.8. The Bertz CT molecular complexity index is 350. The van der Waals surface area contributed by atoms with Crippen LogP contribution in [0.1, 0.15) is 25.8 Å². The SMILES string of the molecule is COc1ccc(CCC(C)(C)CN)c(Br)c1. The third-order valence-electron chi connectivity index (χ3n) is 2.88. The summed E-state index contributed by atoms with van der Waals surface area (Å²) in [6, 6.07) is 6.11. The summed E-state index contributed by atoms with van der Waals surface area (Å²) >= 11 is 3.57. The maximum Gasteiger partial charge on any atom is 0.120 e. The van der Waals surface area contributed by atoms with E-state index >= 15 is 0 Å². The van der Waals surface area contributed by atoms with Crippen LogP contribution in [-0.2, 0) is 6.42 Å². The first-order valence-electron chi connectivity index (χ1n) is 5.51. The largest absolute Gasteiger partial charge is 0.497 e. The van der Waals surface area contributed by atoms with Crippen LogP contribution in [-0.4, -0.2) is 13.7 Å². The van der Waals surface area contributed by atoms with Gasteiger partial charge in [0.2, 0.25) is 0 Å². The third kappa shape index (κ3) is 3.80. The molecule has 0 atom stereocenters. The molecule has 16 heavy (non-hydrogen) atoms. The molecular formula is C13H20BrNO. The van der Waals surface area contributed by atoms with Crippen molar-refractivity contribution in [2.24, 2.45) is 11.1 Å². The average Bonchev–Trinajstić information content (AvgIpc) is 2.27. The average molecular weight is 286 g/mol. The molecule has 1 rings (SSSR count). The quantitative estimate of drug-likeness (QED) is 0.900. The van der Waals surface area contributed by atoms with Gasteiger partial charge in [-0.1, -0.05) is 35.8 Å². The second kappa shape index (κ2) is 5.69. The lowest BCUT2D eigenvalue weighted by atomic mass is 9.86. The highest BCUT2D eigenvalue weighted by Crippen LogP contribution is 2.27. The Kier molecular flexibility index (Phi) is 4.81. The lowest BCUT2D eigenvalue weighted by Crippen LogP contribution is -2.24. The van der Waals surface area contributed by atoms with E-state index in [9.17, 15) is 0 Å². The molecule has 1 aromatic carbocycles. The topological polar surface area (TPSA) is 35.2 Å². The normalized spacial score (nSPS) is 11.6. The van der Waals surface area contributed by atoms with Gasteiger partial charge in [-0.15, -0.1) is 0 Å². The summed E-state index contributed by atoms with van der Waals surface area (Å²) in [7, 11) is 1.68. The monoisotopic (exact) mass is 285 g/mol. The fraction of sp³-hybridized carbons (Fsp3) is 0.538. The molecular weight excluding hydrogens is 266 g/mol. The molecule has 0 spiro atoms. The number of benzene rings is 1. The molecule has 0 radical (unpaired) electrons. The van der Waals surface area contributed by atoms with E-state index in [1.54, 1.807) is 7.11 Å². The molecule has 0 aliphatic heterocycles. The van der Waals surface area contributed by atoms with Crippen LogP contribution in [0.3, 0.4) is 0 Å². The zero-order valence-electron chi connectivity index (χ0n) is 10.2. The van der Waals surface area contributed by atoms with Crippen LogP contribution < -0.4 is 10.5 Å². The summed E-state index contributed by atoms with van der Waals surface area (Å²) in [5.74, 6) is 0.883. The van der Waals surface area contributed by atoms with Crippen molar-refractivity contribution >= 4 is 15.9 Å². The fourth-order valence-electron chi connectivity index (χ4n) is 1.43. The van der Waals surface area contributed by atoms with Crippen LogP contribution in [0.25, 0.3) is 0 Å². The van der Waals surface area contributed by atoms with Gasteiger partial charge in [-0.25, -0.2) is 0 Å². The van der Waals surface area contributed by atoms with E-state index in [-0.39, 0.29) is 5.41 Å². The molecule has 2 nitrogen and oxygen atoms in total. The van der Waals surface area contributed by atoms with Crippen LogP contribution >= 0.6 is 15.9 Å². The van der Waals surface area contributed by atoms with Crippen molar-refractivity contribution in [1.82, 2.24) is 0 Å². The summed E-state index contributed by atoms with van der Waals surface area (Å²) in [4.78, 5) is 0. The van der Waals surface area contributed by atoms with Gasteiger partial charge in [0, 0.05) is 4.47 Å². The van der Waals surface area contributed by atoms with Crippen LogP contribution in [0.2, 0.25) is 0 Å². The maximum absolute atomic E-state index is 5.72. The second-order valence-electron chi connectivity index (χ2n) is 4.83. The molecule has 0 saturated heterocycles. The number of rotatable bonds is 5. The number of ether oxygens (including phenoxy) is 1. The van der Waals surface area contributed by atoms with Gasteiger partial charge in [-0.2, -0.15) is 0 Å². The van der Waals surface area contributed by atoms with E-state index in [1.165, 1.54) is 5.56 Å². The Morgan fingerprint density at radius 3 is 2.56 bits per heavy atom. The number of methoxy groups -OCH3 is 1.